The lowest BCUT2D eigenvalue weighted by Gasteiger charge is -2.49. The molecule has 5 rings (SSSR count). The molecule has 0 unspecified atom stereocenters. The Labute approximate surface area is 205 Å². The van der Waals surface area contributed by atoms with Crippen molar-refractivity contribution < 1.29 is 4.79 Å². The number of fused-ring (bicyclic) bond motifs is 2. The number of nitrogens with two attached hydrogens (primary N) is 1. The molecule has 2 aliphatic heterocycles. The molecule has 4 heteroatoms. The Bertz CT molecular complexity index is 985. The van der Waals surface area contributed by atoms with Crippen LogP contribution in [0.1, 0.15) is 63.5 Å². The van der Waals surface area contributed by atoms with Gasteiger partial charge in [-0.2, -0.15) is 0 Å². The van der Waals surface area contributed by atoms with E-state index in [1.54, 1.807) is 0 Å². The first-order chi connectivity index (χ1) is 16.5. The summed E-state index contributed by atoms with van der Waals surface area (Å²) in [5.74, 6) is 2.00. The fraction of sp³-hybridized carbons (Fsp3) is 0.567. The van der Waals surface area contributed by atoms with E-state index in [1.807, 2.05) is 4.90 Å². The molecule has 0 radical (unpaired) electrons. The van der Waals surface area contributed by atoms with E-state index in [2.05, 4.69) is 67.3 Å². The first-order valence-electron chi connectivity index (χ1n) is 13.4. The van der Waals surface area contributed by atoms with Crippen molar-refractivity contribution in [3.8, 4) is 11.1 Å². The van der Waals surface area contributed by atoms with Gasteiger partial charge in [0.15, 0.2) is 0 Å². The fourth-order valence-electron chi connectivity index (χ4n) is 6.92. The molecular formula is C30H41N3O. The van der Waals surface area contributed by atoms with E-state index in [0.717, 1.165) is 37.8 Å². The summed E-state index contributed by atoms with van der Waals surface area (Å²) in [6.07, 6.45) is 7.21. The first-order valence-corrected chi connectivity index (χ1v) is 13.4. The minimum absolute atomic E-state index is 0.307. The highest BCUT2D eigenvalue weighted by atomic mass is 16.2. The van der Waals surface area contributed by atoms with Gasteiger partial charge >= 0.3 is 0 Å². The Morgan fingerprint density at radius 3 is 2.32 bits per heavy atom. The lowest BCUT2D eigenvalue weighted by molar-refractivity contribution is -0.142. The highest BCUT2D eigenvalue weighted by Crippen LogP contribution is 2.45. The zero-order valence-electron chi connectivity index (χ0n) is 21.0. The lowest BCUT2D eigenvalue weighted by atomic mass is 9.67. The van der Waals surface area contributed by atoms with Crippen molar-refractivity contribution in [2.75, 3.05) is 26.2 Å². The molecule has 4 nitrogen and oxygen atoms in total. The fourth-order valence-corrected chi connectivity index (χ4v) is 6.92. The number of hydrogen-bond acceptors (Lipinski definition) is 3. The van der Waals surface area contributed by atoms with E-state index < -0.39 is 0 Å². The monoisotopic (exact) mass is 459 g/mol. The smallest absolute Gasteiger partial charge is 0.233 e. The minimum atomic E-state index is -0.385. The molecule has 2 aromatic rings. The van der Waals surface area contributed by atoms with Gasteiger partial charge in [0.25, 0.3) is 0 Å². The molecule has 34 heavy (non-hydrogen) atoms. The van der Waals surface area contributed by atoms with Crippen LogP contribution in [0.5, 0.6) is 0 Å². The van der Waals surface area contributed by atoms with Crippen molar-refractivity contribution in [1.82, 2.24) is 9.80 Å². The second kappa shape index (κ2) is 9.83. The minimum Gasteiger partial charge on any atom is -0.336 e. The number of carbonyl (C=O) groups is 1. The second-order valence-electron chi connectivity index (χ2n) is 11.2. The number of likely N-dealkylation sites (tertiary alicyclic amines) is 1. The third kappa shape index (κ3) is 4.31. The number of hydrogen-bond donors (Lipinski definition) is 1. The van der Waals surface area contributed by atoms with Crippen molar-refractivity contribution in [3.05, 3.63) is 59.7 Å². The van der Waals surface area contributed by atoms with Gasteiger partial charge in [0.1, 0.15) is 0 Å². The number of amides is 1. The predicted molar refractivity (Wildman–Crippen MR) is 139 cm³/mol. The largest absolute Gasteiger partial charge is 0.336 e. The van der Waals surface area contributed by atoms with Crippen LogP contribution < -0.4 is 5.73 Å². The standard InChI is InChI=1S/C30H41N3O/c1-22(2)23-8-11-27(12-9-23)32-17-14-30(15-18-32)28-13-10-25(24-6-4-3-5-7-24)20-26(28)21-33(19-16-31)29(30)34/h3-7,10,13,20,22-23,27H,8-9,11-12,14-19,21,31H2,1-2H3/t23-,27+. The van der Waals surface area contributed by atoms with Crippen molar-refractivity contribution in [3.63, 3.8) is 0 Å². The molecule has 182 valence electrons. The summed E-state index contributed by atoms with van der Waals surface area (Å²) in [7, 11) is 0. The van der Waals surface area contributed by atoms with Gasteiger partial charge in [-0.3, -0.25) is 4.79 Å². The van der Waals surface area contributed by atoms with Crippen molar-refractivity contribution >= 4 is 5.91 Å². The van der Waals surface area contributed by atoms with E-state index in [1.165, 1.54) is 47.9 Å². The van der Waals surface area contributed by atoms with Crippen LogP contribution >= 0.6 is 0 Å². The summed E-state index contributed by atoms with van der Waals surface area (Å²) in [5, 5.41) is 0. The number of piperidine rings is 1. The quantitative estimate of drug-likeness (QED) is 0.668. The van der Waals surface area contributed by atoms with Gasteiger partial charge in [0.2, 0.25) is 5.91 Å². The van der Waals surface area contributed by atoms with Gasteiger partial charge in [0, 0.05) is 25.7 Å². The maximum Gasteiger partial charge on any atom is 0.233 e. The van der Waals surface area contributed by atoms with E-state index in [-0.39, 0.29) is 5.41 Å². The molecule has 0 bridgehead atoms. The third-order valence-corrected chi connectivity index (χ3v) is 9.04. The molecule has 1 spiro atoms. The summed E-state index contributed by atoms with van der Waals surface area (Å²) in [6, 6.07) is 18.1. The summed E-state index contributed by atoms with van der Waals surface area (Å²) in [5.41, 5.74) is 10.6. The third-order valence-electron chi connectivity index (χ3n) is 9.04. The Morgan fingerprint density at radius 2 is 1.68 bits per heavy atom. The molecule has 1 saturated heterocycles. The highest BCUT2D eigenvalue weighted by molar-refractivity contribution is 5.91. The molecule has 2 fully saturated rings. The molecule has 3 aliphatic rings. The van der Waals surface area contributed by atoms with Gasteiger partial charge in [-0.15, -0.1) is 0 Å². The Morgan fingerprint density at radius 1 is 0.971 bits per heavy atom. The zero-order chi connectivity index (χ0) is 23.7. The van der Waals surface area contributed by atoms with E-state index in [0.29, 0.717) is 31.6 Å². The maximum atomic E-state index is 13.9. The van der Waals surface area contributed by atoms with Crippen LogP contribution in [0.4, 0.5) is 0 Å². The van der Waals surface area contributed by atoms with Crippen molar-refractivity contribution in [1.29, 1.82) is 0 Å². The predicted octanol–water partition coefficient (Wildman–Crippen LogP) is 5.20. The van der Waals surface area contributed by atoms with Gasteiger partial charge < -0.3 is 15.5 Å². The summed E-state index contributed by atoms with van der Waals surface area (Å²) >= 11 is 0. The van der Waals surface area contributed by atoms with Crippen LogP contribution in [-0.2, 0) is 16.8 Å². The molecule has 1 saturated carbocycles. The molecule has 2 heterocycles. The molecule has 2 N–H and O–H groups in total. The van der Waals surface area contributed by atoms with Crippen LogP contribution in [0.15, 0.2) is 48.5 Å². The number of rotatable bonds is 5. The topological polar surface area (TPSA) is 49.6 Å². The van der Waals surface area contributed by atoms with Crippen LogP contribution in [0, 0.1) is 11.8 Å². The van der Waals surface area contributed by atoms with Crippen LogP contribution in [0.3, 0.4) is 0 Å². The van der Waals surface area contributed by atoms with Gasteiger partial charge in [-0.1, -0.05) is 56.3 Å². The molecule has 1 aliphatic carbocycles. The molecule has 1 amide bonds. The summed E-state index contributed by atoms with van der Waals surface area (Å²) in [4.78, 5) is 18.6. The van der Waals surface area contributed by atoms with E-state index in [4.69, 9.17) is 5.73 Å². The Kier molecular flexibility index (Phi) is 6.81. The molecule has 2 aromatic carbocycles. The highest BCUT2D eigenvalue weighted by Gasteiger charge is 2.49. The Hall–Kier alpha value is -2.17. The van der Waals surface area contributed by atoms with Gasteiger partial charge in [0.05, 0.1) is 5.41 Å². The second-order valence-corrected chi connectivity index (χ2v) is 11.2. The molecule has 0 aromatic heterocycles. The summed E-state index contributed by atoms with van der Waals surface area (Å²) in [6.45, 7) is 8.63. The van der Waals surface area contributed by atoms with Crippen LogP contribution in [0.25, 0.3) is 11.1 Å². The van der Waals surface area contributed by atoms with E-state index in [9.17, 15) is 4.79 Å². The lowest BCUT2D eigenvalue weighted by Crippen LogP contribution is -2.57. The van der Waals surface area contributed by atoms with Crippen molar-refractivity contribution in [2.45, 2.75) is 70.4 Å². The number of carbonyl (C=O) groups excluding carboxylic acids is 1. The zero-order valence-corrected chi connectivity index (χ0v) is 21.0. The van der Waals surface area contributed by atoms with Crippen LogP contribution in [0.2, 0.25) is 0 Å². The first kappa shape index (κ1) is 23.6. The van der Waals surface area contributed by atoms with Gasteiger partial charge in [-0.25, -0.2) is 0 Å². The Balaban J connectivity index is 1.38. The number of nitrogens with zero attached hydrogens (tertiary/aromatic N) is 2. The molecular weight excluding hydrogens is 418 g/mol. The SMILES string of the molecule is CC(C)[C@H]1CC[C@@H](N2CCC3(CC2)C(=O)N(CCN)Cc2cc(-c4ccccc4)ccc23)CC1. The summed E-state index contributed by atoms with van der Waals surface area (Å²) < 4.78 is 0. The average Bonchev–Trinajstić information content (AvgIpc) is 2.88. The van der Waals surface area contributed by atoms with Crippen LogP contribution in [-0.4, -0.2) is 47.9 Å². The average molecular weight is 460 g/mol. The maximum absolute atomic E-state index is 13.9. The van der Waals surface area contributed by atoms with E-state index >= 15 is 0 Å². The number of benzene rings is 2. The normalized spacial score (nSPS) is 25.1. The van der Waals surface area contributed by atoms with Crippen molar-refractivity contribution in [2.24, 2.45) is 17.6 Å². The van der Waals surface area contributed by atoms with Gasteiger partial charge in [-0.05, 0) is 91.8 Å². The molecule has 0 atom stereocenters.